The average molecular weight is 388 g/mol. The number of hydrogen-bond donors (Lipinski definition) is 1. The Balaban J connectivity index is 1.77. The molecule has 1 saturated heterocycles. The number of sulfonamides is 1. The molecule has 0 spiro atoms. The summed E-state index contributed by atoms with van der Waals surface area (Å²) in [6.45, 7) is 7.98. The average Bonchev–Trinajstić information content (AvgIpc) is 2.67. The second-order valence-electron chi connectivity index (χ2n) is 6.73. The number of nitrogens with one attached hydrogen (secondary N) is 1. The number of nitrogens with zero attached hydrogens (tertiary/aromatic N) is 2. The van der Waals surface area contributed by atoms with Gasteiger partial charge >= 0.3 is 0 Å². The minimum Gasteiger partial charge on any atom is -0.336 e. The molecule has 7 heteroatoms. The Morgan fingerprint density at radius 1 is 1.04 bits per heavy atom. The van der Waals surface area contributed by atoms with E-state index in [9.17, 15) is 13.2 Å². The van der Waals surface area contributed by atoms with E-state index in [4.69, 9.17) is 0 Å². The fourth-order valence-electron chi connectivity index (χ4n) is 3.17. The first-order chi connectivity index (χ1) is 12.9. The zero-order valence-corrected chi connectivity index (χ0v) is 16.5. The molecule has 3 rings (SSSR count). The molecule has 0 unspecified atom stereocenters. The number of likely N-dealkylation sites (N-methyl/N-ethyl adjacent to an activating group) is 1. The molecule has 0 atom stereocenters. The first-order valence-corrected chi connectivity index (χ1v) is 10.6. The molecule has 0 bridgehead atoms. The normalized spacial score (nSPS) is 15.6. The molecule has 0 radical (unpaired) electrons. The molecule has 1 N–H and O–H groups in total. The molecule has 1 aliphatic rings. The van der Waals surface area contributed by atoms with Crippen LogP contribution < -0.4 is 4.72 Å². The van der Waals surface area contributed by atoms with Crippen LogP contribution in [0.2, 0.25) is 0 Å². The van der Waals surface area contributed by atoms with Gasteiger partial charge in [-0.25, -0.2) is 8.42 Å². The van der Waals surface area contributed by atoms with Crippen molar-refractivity contribution in [1.82, 2.24) is 9.80 Å². The predicted molar refractivity (Wildman–Crippen MR) is 106 cm³/mol. The number of anilines is 1. The first kappa shape index (κ1) is 19.4. The number of amides is 1. The summed E-state index contributed by atoms with van der Waals surface area (Å²) in [4.78, 5) is 16.9. The highest BCUT2D eigenvalue weighted by Gasteiger charge is 2.23. The van der Waals surface area contributed by atoms with Crippen molar-refractivity contribution in [2.75, 3.05) is 37.4 Å². The van der Waals surface area contributed by atoms with E-state index in [1.54, 1.807) is 35.2 Å². The molecule has 0 saturated carbocycles. The van der Waals surface area contributed by atoms with E-state index in [2.05, 4.69) is 16.5 Å². The molecule has 6 nitrogen and oxygen atoms in total. The van der Waals surface area contributed by atoms with E-state index in [1.165, 1.54) is 12.1 Å². The van der Waals surface area contributed by atoms with Gasteiger partial charge in [0.1, 0.15) is 0 Å². The molecule has 27 heavy (non-hydrogen) atoms. The number of carbonyl (C=O) groups excluding carboxylic acids is 1. The lowest BCUT2D eigenvalue weighted by atomic mass is 10.2. The van der Waals surface area contributed by atoms with Crippen molar-refractivity contribution in [3.63, 3.8) is 0 Å². The van der Waals surface area contributed by atoms with Crippen molar-refractivity contribution in [1.29, 1.82) is 0 Å². The maximum Gasteiger partial charge on any atom is 0.261 e. The van der Waals surface area contributed by atoms with Crippen molar-refractivity contribution >= 4 is 21.6 Å². The molecule has 2 aromatic carbocycles. The monoisotopic (exact) mass is 387 g/mol. The molecule has 0 aromatic heterocycles. The third-order valence-electron chi connectivity index (χ3n) is 4.77. The molecule has 1 amide bonds. The highest BCUT2D eigenvalue weighted by molar-refractivity contribution is 7.92. The minimum absolute atomic E-state index is 0.0852. The molecule has 1 heterocycles. The van der Waals surface area contributed by atoms with Gasteiger partial charge in [0, 0.05) is 37.4 Å². The Kier molecular flexibility index (Phi) is 5.82. The highest BCUT2D eigenvalue weighted by atomic mass is 32.2. The van der Waals surface area contributed by atoms with E-state index < -0.39 is 10.0 Å². The van der Waals surface area contributed by atoms with Gasteiger partial charge in [-0.15, -0.1) is 0 Å². The van der Waals surface area contributed by atoms with E-state index in [0.717, 1.165) is 25.2 Å². The lowest BCUT2D eigenvalue weighted by Crippen LogP contribution is -2.48. The molecular weight excluding hydrogens is 362 g/mol. The third kappa shape index (κ3) is 4.67. The van der Waals surface area contributed by atoms with Crippen LogP contribution in [-0.4, -0.2) is 56.8 Å². The lowest BCUT2D eigenvalue weighted by Gasteiger charge is -2.34. The molecule has 0 aliphatic carbocycles. The SMILES string of the molecule is CCN1CCN(C(=O)c2cccc(S(=O)(=O)Nc3cccc(C)c3)c2)CC1. The second-order valence-corrected chi connectivity index (χ2v) is 8.41. The van der Waals surface area contributed by atoms with Crippen molar-refractivity contribution in [2.24, 2.45) is 0 Å². The zero-order chi connectivity index (χ0) is 19.4. The van der Waals surface area contributed by atoms with Crippen molar-refractivity contribution in [3.05, 3.63) is 59.7 Å². The summed E-state index contributed by atoms with van der Waals surface area (Å²) in [5.74, 6) is -0.127. The molecule has 2 aromatic rings. The highest BCUT2D eigenvalue weighted by Crippen LogP contribution is 2.19. The lowest BCUT2D eigenvalue weighted by molar-refractivity contribution is 0.0643. The number of hydrogen-bond acceptors (Lipinski definition) is 4. The van der Waals surface area contributed by atoms with Crippen LogP contribution in [-0.2, 0) is 10.0 Å². The Morgan fingerprint density at radius 2 is 1.74 bits per heavy atom. The number of rotatable bonds is 5. The van der Waals surface area contributed by atoms with E-state index in [-0.39, 0.29) is 10.8 Å². The summed E-state index contributed by atoms with van der Waals surface area (Å²) >= 11 is 0. The van der Waals surface area contributed by atoms with E-state index in [1.807, 2.05) is 13.0 Å². The maximum absolute atomic E-state index is 12.8. The van der Waals surface area contributed by atoms with Gasteiger partial charge in [0.05, 0.1) is 4.90 Å². The van der Waals surface area contributed by atoms with Gasteiger partial charge in [0.15, 0.2) is 0 Å². The summed E-state index contributed by atoms with van der Waals surface area (Å²) in [6.07, 6.45) is 0. The molecule has 144 valence electrons. The smallest absolute Gasteiger partial charge is 0.261 e. The second kappa shape index (κ2) is 8.10. The fraction of sp³-hybridized carbons (Fsp3) is 0.350. The van der Waals surface area contributed by atoms with Crippen molar-refractivity contribution in [3.8, 4) is 0 Å². The van der Waals surface area contributed by atoms with Crippen LogP contribution in [0.3, 0.4) is 0 Å². The summed E-state index contributed by atoms with van der Waals surface area (Å²) in [7, 11) is -3.76. The van der Waals surface area contributed by atoms with Crippen LogP contribution in [0.15, 0.2) is 53.4 Å². The minimum atomic E-state index is -3.76. The van der Waals surface area contributed by atoms with Crippen LogP contribution >= 0.6 is 0 Å². The van der Waals surface area contributed by atoms with Gasteiger partial charge in [-0.3, -0.25) is 9.52 Å². The Labute approximate surface area is 160 Å². The number of aryl methyl sites for hydroxylation is 1. The summed E-state index contributed by atoms with van der Waals surface area (Å²) in [5, 5.41) is 0. The van der Waals surface area contributed by atoms with Gasteiger partial charge in [0.2, 0.25) is 0 Å². The van der Waals surface area contributed by atoms with Crippen LogP contribution in [0.4, 0.5) is 5.69 Å². The summed E-state index contributed by atoms with van der Waals surface area (Å²) in [5.41, 5.74) is 1.86. The Hall–Kier alpha value is -2.38. The number of carbonyl (C=O) groups is 1. The summed E-state index contributed by atoms with van der Waals surface area (Å²) < 4.78 is 28.0. The standard InChI is InChI=1S/C20H25N3O3S/c1-3-22-10-12-23(13-11-22)20(24)17-7-5-9-19(15-17)27(25,26)21-18-8-4-6-16(2)14-18/h4-9,14-15,21H,3,10-13H2,1-2H3. The Morgan fingerprint density at radius 3 is 2.41 bits per heavy atom. The van der Waals surface area contributed by atoms with Crippen molar-refractivity contribution < 1.29 is 13.2 Å². The predicted octanol–water partition coefficient (Wildman–Crippen LogP) is 2.57. The fourth-order valence-corrected chi connectivity index (χ4v) is 4.26. The number of benzene rings is 2. The summed E-state index contributed by atoms with van der Waals surface area (Å²) in [6, 6.07) is 13.4. The van der Waals surface area contributed by atoms with Crippen LogP contribution in [0.5, 0.6) is 0 Å². The van der Waals surface area contributed by atoms with Gasteiger partial charge in [0.25, 0.3) is 15.9 Å². The molecule has 1 fully saturated rings. The third-order valence-corrected chi connectivity index (χ3v) is 6.15. The Bertz CT molecular complexity index is 920. The van der Waals surface area contributed by atoms with E-state index in [0.29, 0.717) is 24.3 Å². The van der Waals surface area contributed by atoms with Crippen LogP contribution in [0.1, 0.15) is 22.8 Å². The molecular formula is C20H25N3O3S. The van der Waals surface area contributed by atoms with Gasteiger partial charge in [-0.2, -0.15) is 0 Å². The first-order valence-electron chi connectivity index (χ1n) is 9.10. The zero-order valence-electron chi connectivity index (χ0n) is 15.7. The topological polar surface area (TPSA) is 69.7 Å². The van der Waals surface area contributed by atoms with Crippen LogP contribution in [0.25, 0.3) is 0 Å². The maximum atomic E-state index is 12.8. The van der Waals surface area contributed by atoms with Gasteiger partial charge in [-0.05, 0) is 49.4 Å². The van der Waals surface area contributed by atoms with Crippen LogP contribution in [0, 0.1) is 6.92 Å². The van der Waals surface area contributed by atoms with Crippen molar-refractivity contribution in [2.45, 2.75) is 18.7 Å². The largest absolute Gasteiger partial charge is 0.336 e. The van der Waals surface area contributed by atoms with E-state index >= 15 is 0 Å². The number of piperazine rings is 1. The quantitative estimate of drug-likeness (QED) is 0.856. The van der Waals surface area contributed by atoms with Gasteiger partial charge in [-0.1, -0.05) is 25.1 Å². The molecule has 1 aliphatic heterocycles. The van der Waals surface area contributed by atoms with Gasteiger partial charge < -0.3 is 9.80 Å².